The van der Waals surface area contributed by atoms with Gasteiger partial charge in [-0.3, -0.25) is 14.6 Å². The summed E-state index contributed by atoms with van der Waals surface area (Å²) in [6.45, 7) is 9.35. The van der Waals surface area contributed by atoms with Gasteiger partial charge in [0.05, 0.1) is 29.3 Å². The minimum atomic E-state index is 0.161. The summed E-state index contributed by atoms with van der Waals surface area (Å²) < 4.78 is 1.99. The van der Waals surface area contributed by atoms with Crippen molar-refractivity contribution >= 4 is 0 Å². The van der Waals surface area contributed by atoms with Crippen molar-refractivity contribution in [1.82, 2.24) is 25.1 Å². The van der Waals surface area contributed by atoms with Gasteiger partial charge in [0, 0.05) is 24.9 Å². The van der Waals surface area contributed by atoms with Gasteiger partial charge >= 0.3 is 0 Å². The molecule has 0 saturated carbocycles. The van der Waals surface area contributed by atoms with Gasteiger partial charge in [0.1, 0.15) is 0 Å². The fourth-order valence-electron chi connectivity index (χ4n) is 2.17. The van der Waals surface area contributed by atoms with Crippen LogP contribution in [0.5, 0.6) is 0 Å². The van der Waals surface area contributed by atoms with E-state index in [2.05, 4.69) is 47.2 Å². The summed E-state index contributed by atoms with van der Waals surface area (Å²) in [4.78, 5) is 8.87. The van der Waals surface area contributed by atoms with E-state index in [1.54, 1.807) is 0 Å². The second-order valence-electron chi connectivity index (χ2n) is 5.67. The molecule has 1 atom stereocenters. The van der Waals surface area contributed by atoms with Crippen LogP contribution in [0.2, 0.25) is 0 Å². The standard InChI is InChI=1S/C16H25N5/c1-5-7-17-15(16-11-18-13(4)10-19-16)9-14-6-8-21(20-14)12(2)3/h6,8,10-12,15,17H,5,7,9H2,1-4H3. The van der Waals surface area contributed by atoms with E-state index < -0.39 is 0 Å². The summed E-state index contributed by atoms with van der Waals surface area (Å²) in [5, 5.41) is 8.17. The quantitative estimate of drug-likeness (QED) is 0.851. The van der Waals surface area contributed by atoms with E-state index in [4.69, 9.17) is 0 Å². The van der Waals surface area contributed by atoms with Gasteiger partial charge < -0.3 is 5.32 Å². The van der Waals surface area contributed by atoms with E-state index in [-0.39, 0.29) is 6.04 Å². The van der Waals surface area contributed by atoms with Gasteiger partial charge in [-0.15, -0.1) is 0 Å². The molecule has 21 heavy (non-hydrogen) atoms. The highest BCUT2D eigenvalue weighted by atomic mass is 15.3. The number of nitrogens with one attached hydrogen (secondary N) is 1. The average Bonchev–Trinajstić information content (AvgIpc) is 2.93. The van der Waals surface area contributed by atoms with Crippen LogP contribution in [0.3, 0.4) is 0 Å². The Kier molecular flexibility index (Phi) is 5.44. The van der Waals surface area contributed by atoms with Crippen molar-refractivity contribution in [2.75, 3.05) is 6.54 Å². The summed E-state index contributed by atoms with van der Waals surface area (Å²) in [6.07, 6.45) is 7.65. The molecular formula is C16H25N5. The minimum absolute atomic E-state index is 0.161. The highest BCUT2D eigenvalue weighted by Gasteiger charge is 2.15. The maximum absolute atomic E-state index is 4.63. The molecule has 0 bridgehead atoms. The molecular weight excluding hydrogens is 262 g/mol. The van der Waals surface area contributed by atoms with Crippen LogP contribution in [0, 0.1) is 6.92 Å². The maximum Gasteiger partial charge on any atom is 0.0760 e. The lowest BCUT2D eigenvalue weighted by Crippen LogP contribution is -2.25. The molecule has 0 saturated heterocycles. The van der Waals surface area contributed by atoms with E-state index in [1.807, 2.05) is 30.2 Å². The lowest BCUT2D eigenvalue weighted by Gasteiger charge is -2.17. The van der Waals surface area contributed by atoms with E-state index in [0.29, 0.717) is 6.04 Å². The molecule has 0 fully saturated rings. The van der Waals surface area contributed by atoms with Crippen molar-refractivity contribution in [2.45, 2.75) is 52.6 Å². The third-order valence-electron chi connectivity index (χ3n) is 3.40. The Hall–Kier alpha value is -1.75. The molecule has 5 nitrogen and oxygen atoms in total. The Bertz CT molecular complexity index is 544. The molecule has 0 radical (unpaired) electrons. The van der Waals surface area contributed by atoms with Gasteiger partial charge in [0.15, 0.2) is 0 Å². The fraction of sp³-hybridized carbons (Fsp3) is 0.562. The van der Waals surface area contributed by atoms with Crippen molar-refractivity contribution in [1.29, 1.82) is 0 Å². The number of hydrogen-bond donors (Lipinski definition) is 1. The first-order valence-corrected chi connectivity index (χ1v) is 7.66. The molecule has 0 aliphatic heterocycles. The Morgan fingerprint density at radius 3 is 2.62 bits per heavy atom. The van der Waals surface area contributed by atoms with Crippen molar-refractivity contribution in [3.63, 3.8) is 0 Å². The largest absolute Gasteiger partial charge is 0.308 e. The van der Waals surface area contributed by atoms with Gasteiger partial charge in [-0.1, -0.05) is 6.92 Å². The topological polar surface area (TPSA) is 55.6 Å². The molecule has 0 aliphatic rings. The smallest absolute Gasteiger partial charge is 0.0760 e. The zero-order valence-corrected chi connectivity index (χ0v) is 13.4. The normalized spacial score (nSPS) is 12.8. The lowest BCUT2D eigenvalue weighted by atomic mass is 10.1. The predicted octanol–water partition coefficient (Wildman–Crippen LogP) is 2.85. The molecule has 2 aromatic heterocycles. The van der Waals surface area contributed by atoms with Crippen LogP contribution < -0.4 is 5.32 Å². The second kappa shape index (κ2) is 7.31. The van der Waals surface area contributed by atoms with Crippen LogP contribution >= 0.6 is 0 Å². The summed E-state index contributed by atoms with van der Waals surface area (Å²) in [7, 11) is 0. The first-order valence-electron chi connectivity index (χ1n) is 7.66. The Balaban J connectivity index is 2.13. The molecule has 2 rings (SSSR count). The van der Waals surface area contributed by atoms with Gasteiger partial charge in [0.25, 0.3) is 0 Å². The zero-order chi connectivity index (χ0) is 15.2. The zero-order valence-electron chi connectivity index (χ0n) is 13.4. The number of nitrogens with zero attached hydrogens (tertiary/aromatic N) is 4. The van der Waals surface area contributed by atoms with Gasteiger partial charge in [-0.05, 0) is 39.8 Å². The molecule has 2 heterocycles. The number of rotatable bonds is 7. The molecule has 5 heteroatoms. The molecule has 0 amide bonds. The highest BCUT2D eigenvalue weighted by molar-refractivity contribution is 5.11. The van der Waals surface area contributed by atoms with Crippen LogP contribution in [0.15, 0.2) is 24.7 Å². The summed E-state index contributed by atoms with van der Waals surface area (Å²) in [5.41, 5.74) is 3.00. The van der Waals surface area contributed by atoms with Crippen LogP contribution in [0.4, 0.5) is 0 Å². The maximum atomic E-state index is 4.63. The number of aromatic nitrogens is 4. The third kappa shape index (κ3) is 4.36. The minimum Gasteiger partial charge on any atom is -0.308 e. The van der Waals surface area contributed by atoms with Crippen molar-refractivity contribution in [2.24, 2.45) is 0 Å². The van der Waals surface area contributed by atoms with Gasteiger partial charge in [0.2, 0.25) is 0 Å². The van der Waals surface area contributed by atoms with Crippen LogP contribution in [-0.2, 0) is 6.42 Å². The van der Waals surface area contributed by atoms with Crippen molar-refractivity contribution in [3.05, 3.63) is 41.7 Å². The Morgan fingerprint density at radius 2 is 2.05 bits per heavy atom. The number of hydrogen-bond acceptors (Lipinski definition) is 4. The molecule has 0 aliphatic carbocycles. The van der Waals surface area contributed by atoms with Gasteiger partial charge in [-0.25, -0.2) is 0 Å². The molecule has 0 spiro atoms. The van der Waals surface area contributed by atoms with Crippen molar-refractivity contribution in [3.8, 4) is 0 Å². The third-order valence-corrected chi connectivity index (χ3v) is 3.40. The Morgan fingerprint density at radius 1 is 1.24 bits per heavy atom. The summed E-state index contributed by atoms with van der Waals surface area (Å²) in [6, 6.07) is 2.64. The van der Waals surface area contributed by atoms with Crippen molar-refractivity contribution < 1.29 is 0 Å². The van der Waals surface area contributed by atoms with E-state index in [1.165, 1.54) is 0 Å². The molecule has 1 unspecified atom stereocenters. The first-order chi connectivity index (χ1) is 10.1. The highest BCUT2D eigenvalue weighted by Crippen LogP contribution is 2.16. The number of aryl methyl sites for hydroxylation is 1. The molecule has 2 aromatic rings. The molecule has 1 N–H and O–H groups in total. The van der Waals surface area contributed by atoms with E-state index in [9.17, 15) is 0 Å². The van der Waals surface area contributed by atoms with E-state index >= 15 is 0 Å². The SMILES string of the molecule is CCCNC(Cc1ccn(C(C)C)n1)c1cnc(C)cn1. The van der Waals surface area contributed by atoms with Crippen LogP contribution in [0.25, 0.3) is 0 Å². The monoisotopic (exact) mass is 287 g/mol. The predicted molar refractivity (Wildman–Crippen MR) is 84.1 cm³/mol. The first kappa shape index (κ1) is 15.6. The fourth-order valence-corrected chi connectivity index (χ4v) is 2.17. The summed E-state index contributed by atoms with van der Waals surface area (Å²) in [5.74, 6) is 0. The molecule has 114 valence electrons. The average molecular weight is 287 g/mol. The van der Waals surface area contributed by atoms with E-state index in [0.717, 1.165) is 36.5 Å². The lowest BCUT2D eigenvalue weighted by molar-refractivity contribution is 0.492. The molecule has 0 aromatic carbocycles. The van der Waals surface area contributed by atoms with Crippen LogP contribution in [0.1, 0.15) is 56.4 Å². The summed E-state index contributed by atoms with van der Waals surface area (Å²) >= 11 is 0. The Labute approximate surface area is 126 Å². The van der Waals surface area contributed by atoms with Gasteiger partial charge in [-0.2, -0.15) is 5.10 Å². The second-order valence-corrected chi connectivity index (χ2v) is 5.67. The van der Waals surface area contributed by atoms with Crippen LogP contribution in [-0.4, -0.2) is 26.3 Å².